The second-order valence-electron chi connectivity index (χ2n) is 6.49. The van der Waals surface area contributed by atoms with Gasteiger partial charge in [-0.05, 0) is 37.3 Å². The third kappa shape index (κ3) is 2.95. The van der Waals surface area contributed by atoms with E-state index in [2.05, 4.69) is 10.5 Å². The summed E-state index contributed by atoms with van der Waals surface area (Å²) in [5.41, 5.74) is -0.869. The van der Waals surface area contributed by atoms with Crippen molar-refractivity contribution in [2.45, 2.75) is 31.3 Å². The number of benzene rings is 1. The van der Waals surface area contributed by atoms with Crippen molar-refractivity contribution in [2.75, 3.05) is 6.54 Å². The van der Waals surface area contributed by atoms with Gasteiger partial charge < -0.3 is 14.9 Å². The highest BCUT2D eigenvalue weighted by molar-refractivity contribution is 7.19. The van der Waals surface area contributed by atoms with E-state index < -0.39 is 5.60 Å². The van der Waals surface area contributed by atoms with Crippen LogP contribution in [0.3, 0.4) is 0 Å². The molecule has 4 rings (SSSR count). The molecule has 1 aliphatic carbocycles. The third-order valence-electron chi connectivity index (χ3n) is 4.29. The SMILES string of the molecule is C[C@](O)(CNC(=O)c1cc(C2CC2)on1)c1cc2ccccc2s1. The summed E-state index contributed by atoms with van der Waals surface area (Å²) in [6.07, 6.45) is 2.19. The average molecular weight is 342 g/mol. The van der Waals surface area contributed by atoms with Crippen molar-refractivity contribution in [1.29, 1.82) is 0 Å². The summed E-state index contributed by atoms with van der Waals surface area (Å²) >= 11 is 1.53. The van der Waals surface area contributed by atoms with E-state index in [0.29, 0.717) is 5.92 Å². The van der Waals surface area contributed by atoms with Gasteiger partial charge in [0.2, 0.25) is 0 Å². The lowest BCUT2D eigenvalue weighted by Crippen LogP contribution is -2.38. The fourth-order valence-electron chi connectivity index (χ4n) is 2.63. The van der Waals surface area contributed by atoms with Crippen molar-refractivity contribution >= 4 is 27.3 Å². The van der Waals surface area contributed by atoms with Gasteiger partial charge in [0, 0.05) is 21.6 Å². The van der Waals surface area contributed by atoms with Gasteiger partial charge in [-0.25, -0.2) is 0 Å². The number of thiophene rings is 1. The number of hydrogen-bond acceptors (Lipinski definition) is 5. The number of aliphatic hydroxyl groups is 1. The highest BCUT2D eigenvalue weighted by atomic mass is 32.1. The van der Waals surface area contributed by atoms with Crippen LogP contribution in [0, 0.1) is 0 Å². The quantitative estimate of drug-likeness (QED) is 0.745. The monoisotopic (exact) mass is 342 g/mol. The Bertz CT molecular complexity index is 859. The highest BCUT2D eigenvalue weighted by Crippen LogP contribution is 2.40. The van der Waals surface area contributed by atoms with Crippen molar-refractivity contribution in [3.63, 3.8) is 0 Å². The number of aromatic nitrogens is 1. The Labute approximate surface area is 143 Å². The van der Waals surface area contributed by atoms with Gasteiger partial charge in [0.1, 0.15) is 11.4 Å². The first-order chi connectivity index (χ1) is 11.5. The van der Waals surface area contributed by atoms with Crippen LogP contribution in [0.4, 0.5) is 0 Å². The number of rotatable bonds is 5. The molecule has 0 unspecified atom stereocenters. The van der Waals surface area contributed by atoms with E-state index >= 15 is 0 Å². The first-order valence-electron chi connectivity index (χ1n) is 7.99. The van der Waals surface area contributed by atoms with Crippen molar-refractivity contribution < 1.29 is 14.4 Å². The van der Waals surface area contributed by atoms with E-state index in [1.54, 1.807) is 13.0 Å². The van der Waals surface area contributed by atoms with Gasteiger partial charge in [-0.15, -0.1) is 11.3 Å². The maximum absolute atomic E-state index is 12.2. The Morgan fingerprint density at radius 2 is 2.21 bits per heavy atom. The first-order valence-corrected chi connectivity index (χ1v) is 8.81. The minimum atomic E-state index is -1.14. The molecule has 3 aromatic rings. The van der Waals surface area contributed by atoms with Crippen LogP contribution in [0.15, 0.2) is 40.9 Å². The van der Waals surface area contributed by atoms with Gasteiger partial charge in [0.05, 0.1) is 6.54 Å². The molecule has 2 aromatic heterocycles. The van der Waals surface area contributed by atoms with Crippen molar-refractivity contribution in [3.8, 4) is 0 Å². The first kappa shape index (κ1) is 15.4. The van der Waals surface area contributed by atoms with Crippen molar-refractivity contribution in [3.05, 3.63) is 52.7 Å². The van der Waals surface area contributed by atoms with Gasteiger partial charge in [-0.1, -0.05) is 23.4 Å². The maximum atomic E-state index is 12.2. The van der Waals surface area contributed by atoms with Crippen LogP contribution in [0.25, 0.3) is 10.1 Å². The fraction of sp³-hybridized carbons (Fsp3) is 0.333. The van der Waals surface area contributed by atoms with Crippen LogP contribution in [-0.4, -0.2) is 22.7 Å². The lowest BCUT2D eigenvalue weighted by atomic mass is 10.0. The summed E-state index contributed by atoms with van der Waals surface area (Å²) in [7, 11) is 0. The zero-order valence-corrected chi connectivity index (χ0v) is 14.1. The third-order valence-corrected chi connectivity index (χ3v) is 5.66. The predicted octanol–water partition coefficient (Wildman–Crippen LogP) is 3.40. The van der Waals surface area contributed by atoms with E-state index in [-0.39, 0.29) is 18.1 Å². The van der Waals surface area contributed by atoms with E-state index in [0.717, 1.165) is 33.6 Å². The predicted molar refractivity (Wildman–Crippen MR) is 92.2 cm³/mol. The fourth-order valence-corrected chi connectivity index (χ4v) is 3.74. The molecular formula is C18H18N2O3S. The minimum Gasteiger partial charge on any atom is -0.383 e. The van der Waals surface area contributed by atoms with Crippen molar-refractivity contribution in [2.24, 2.45) is 0 Å². The number of amides is 1. The van der Waals surface area contributed by atoms with Crippen LogP contribution >= 0.6 is 11.3 Å². The Morgan fingerprint density at radius 1 is 1.42 bits per heavy atom. The molecule has 6 heteroatoms. The van der Waals surface area contributed by atoms with Gasteiger partial charge in [-0.2, -0.15) is 0 Å². The lowest BCUT2D eigenvalue weighted by molar-refractivity contribution is 0.0554. The molecule has 124 valence electrons. The second-order valence-corrected chi connectivity index (χ2v) is 7.58. The number of hydrogen-bond donors (Lipinski definition) is 2. The van der Waals surface area contributed by atoms with Crippen LogP contribution < -0.4 is 5.32 Å². The smallest absolute Gasteiger partial charge is 0.273 e. The average Bonchev–Trinajstić information content (AvgIpc) is 3.13. The standard InChI is InChI=1S/C18H18N2O3S/c1-18(22,16-8-12-4-2-3-5-15(12)24-16)10-19-17(21)13-9-14(23-20-13)11-6-7-11/h2-5,8-9,11,22H,6-7,10H2,1H3,(H,19,21)/t18-/m0/s1. The number of nitrogens with zero attached hydrogens (tertiary/aromatic N) is 1. The summed E-state index contributed by atoms with van der Waals surface area (Å²) in [6.45, 7) is 1.82. The molecule has 1 fully saturated rings. The van der Waals surface area contributed by atoms with Crippen LogP contribution in [-0.2, 0) is 5.60 Å². The molecule has 24 heavy (non-hydrogen) atoms. The van der Waals surface area contributed by atoms with Gasteiger partial charge in [0.15, 0.2) is 5.69 Å². The van der Waals surface area contributed by atoms with Gasteiger partial charge >= 0.3 is 0 Å². The molecule has 2 N–H and O–H groups in total. The maximum Gasteiger partial charge on any atom is 0.273 e. The van der Waals surface area contributed by atoms with Crippen molar-refractivity contribution in [1.82, 2.24) is 10.5 Å². The van der Waals surface area contributed by atoms with Gasteiger partial charge in [-0.3, -0.25) is 4.79 Å². The highest BCUT2D eigenvalue weighted by Gasteiger charge is 2.30. The number of fused-ring (bicyclic) bond motifs is 1. The normalized spacial score (nSPS) is 16.9. The summed E-state index contributed by atoms with van der Waals surface area (Å²) in [5.74, 6) is 0.865. The molecule has 1 aromatic carbocycles. The topological polar surface area (TPSA) is 75.4 Å². The summed E-state index contributed by atoms with van der Waals surface area (Å²) in [6, 6.07) is 11.6. The van der Waals surface area contributed by atoms with Gasteiger partial charge in [0.25, 0.3) is 5.91 Å². The second kappa shape index (κ2) is 5.72. The van der Waals surface area contributed by atoms with Crippen LogP contribution in [0.2, 0.25) is 0 Å². The van der Waals surface area contributed by atoms with E-state index in [9.17, 15) is 9.90 Å². The Balaban J connectivity index is 1.45. The molecule has 2 heterocycles. The zero-order valence-electron chi connectivity index (χ0n) is 13.3. The summed E-state index contributed by atoms with van der Waals surface area (Å²) < 4.78 is 6.31. The molecular weight excluding hydrogens is 324 g/mol. The molecule has 1 atom stereocenters. The molecule has 0 spiro atoms. The molecule has 0 bridgehead atoms. The van der Waals surface area contributed by atoms with Crippen LogP contribution in [0.1, 0.15) is 46.8 Å². The number of carbonyl (C=O) groups excluding carboxylic acids is 1. The van der Waals surface area contributed by atoms with E-state index in [1.807, 2.05) is 30.3 Å². The molecule has 1 saturated carbocycles. The van der Waals surface area contributed by atoms with E-state index in [1.165, 1.54) is 11.3 Å². The Morgan fingerprint density at radius 3 is 2.96 bits per heavy atom. The largest absolute Gasteiger partial charge is 0.383 e. The molecule has 0 radical (unpaired) electrons. The lowest BCUT2D eigenvalue weighted by Gasteiger charge is -2.21. The molecule has 0 aliphatic heterocycles. The van der Waals surface area contributed by atoms with Crippen LogP contribution in [0.5, 0.6) is 0 Å². The Kier molecular flexibility index (Phi) is 3.66. The number of nitrogens with one attached hydrogen (secondary N) is 1. The molecule has 1 aliphatic rings. The summed E-state index contributed by atoms with van der Waals surface area (Å²) in [5, 5.41) is 18.4. The minimum absolute atomic E-state index is 0.115. The zero-order chi connectivity index (χ0) is 16.7. The summed E-state index contributed by atoms with van der Waals surface area (Å²) in [4.78, 5) is 13.0. The van der Waals surface area contributed by atoms with E-state index in [4.69, 9.17) is 4.52 Å². The number of carbonyl (C=O) groups is 1. The Hall–Kier alpha value is -2.18. The molecule has 5 nitrogen and oxygen atoms in total. The molecule has 1 amide bonds. The molecule has 0 saturated heterocycles.